The first-order chi connectivity index (χ1) is 8.99. The van der Waals surface area contributed by atoms with Crippen molar-refractivity contribution in [2.24, 2.45) is 5.92 Å². The number of halogens is 1. The van der Waals surface area contributed by atoms with Crippen LogP contribution in [0.2, 0.25) is 0 Å². The Morgan fingerprint density at radius 1 is 1.58 bits per heavy atom. The number of nitrogens with one attached hydrogen (secondary N) is 1. The second kappa shape index (κ2) is 5.57. The maximum atomic E-state index is 13.9. The molecule has 3 N–H and O–H groups in total. The molecule has 0 aliphatic carbocycles. The SMILES string of the molecule is Cc1cc(N)cc(C(=O)NCC2CCOC2C)c1F. The summed E-state index contributed by atoms with van der Waals surface area (Å²) in [5.74, 6) is -0.649. The van der Waals surface area contributed by atoms with Gasteiger partial charge in [-0.15, -0.1) is 0 Å². The van der Waals surface area contributed by atoms with Gasteiger partial charge in [0.15, 0.2) is 0 Å². The zero-order valence-electron chi connectivity index (χ0n) is 11.2. The van der Waals surface area contributed by atoms with E-state index in [1.807, 2.05) is 6.92 Å². The predicted molar refractivity (Wildman–Crippen MR) is 71.4 cm³/mol. The molecule has 0 spiro atoms. The molecule has 1 fully saturated rings. The minimum atomic E-state index is -0.512. The van der Waals surface area contributed by atoms with E-state index in [0.717, 1.165) is 6.42 Å². The number of hydrogen-bond donors (Lipinski definition) is 2. The van der Waals surface area contributed by atoms with E-state index in [-0.39, 0.29) is 17.6 Å². The second-order valence-electron chi connectivity index (χ2n) is 5.03. The summed E-state index contributed by atoms with van der Waals surface area (Å²) in [6.45, 7) is 4.78. The maximum Gasteiger partial charge on any atom is 0.254 e. The van der Waals surface area contributed by atoms with Gasteiger partial charge in [0, 0.05) is 24.8 Å². The summed E-state index contributed by atoms with van der Waals surface area (Å²) in [6.07, 6.45) is 1.05. The van der Waals surface area contributed by atoms with Crippen LogP contribution in [0.25, 0.3) is 0 Å². The lowest BCUT2D eigenvalue weighted by Crippen LogP contribution is -2.32. The lowest BCUT2D eigenvalue weighted by Gasteiger charge is -2.15. The number of amides is 1. The average molecular weight is 266 g/mol. The first-order valence-corrected chi connectivity index (χ1v) is 6.44. The molecule has 0 radical (unpaired) electrons. The molecular weight excluding hydrogens is 247 g/mol. The maximum absolute atomic E-state index is 13.9. The Morgan fingerprint density at radius 2 is 2.32 bits per heavy atom. The van der Waals surface area contributed by atoms with Crippen LogP contribution in [-0.2, 0) is 4.74 Å². The van der Waals surface area contributed by atoms with Gasteiger partial charge in [-0.2, -0.15) is 0 Å². The third kappa shape index (κ3) is 3.04. The van der Waals surface area contributed by atoms with Crippen molar-refractivity contribution >= 4 is 11.6 Å². The van der Waals surface area contributed by atoms with E-state index in [2.05, 4.69) is 5.32 Å². The van der Waals surface area contributed by atoms with Crippen LogP contribution in [0.4, 0.5) is 10.1 Å². The molecule has 1 amide bonds. The summed E-state index contributed by atoms with van der Waals surface area (Å²) in [6, 6.07) is 2.88. The van der Waals surface area contributed by atoms with E-state index in [1.165, 1.54) is 12.1 Å². The fourth-order valence-electron chi connectivity index (χ4n) is 2.33. The first-order valence-electron chi connectivity index (χ1n) is 6.44. The van der Waals surface area contributed by atoms with Crippen LogP contribution in [0.5, 0.6) is 0 Å². The monoisotopic (exact) mass is 266 g/mol. The molecule has 1 aromatic carbocycles. The van der Waals surface area contributed by atoms with Gasteiger partial charge >= 0.3 is 0 Å². The highest BCUT2D eigenvalue weighted by atomic mass is 19.1. The zero-order chi connectivity index (χ0) is 14.0. The van der Waals surface area contributed by atoms with Crippen LogP contribution >= 0.6 is 0 Å². The van der Waals surface area contributed by atoms with E-state index >= 15 is 0 Å². The van der Waals surface area contributed by atoms with Gasteiger partial charge in [0.25, 0.3) is 5.91 Å². The van der Waals surface area contributed by atoms with E-state index in [4.69, 9.17) is 10.5 Å². The van der Waals surface area contributed by atoms with E-state index in [9.17, 15) is 9.18 Å². The highest BCUT2D eigenvalue weighted by molar-refractivity contribution is 5.95. The van der Waals surface area contributed by atoms with Gasteiger partial charge < -0.3 is 15.8 Å². The molecule has 104 valence electrons. The molecule has 1 saturated heterocycles. The molecule has 1 aliphatic heterocycles. The van der Waals surface area contributed by atoms with E-state index < -0.39 is 11.7 Å². The van der Waals surface area contributed by atoms with Crippen molar-refractivity contribution in [3.8, 4) is 0 Å². The van der Waals surface area contributed by atoms with Crippen LogP contribution < -0.4 is 11.1 Å². The molecule has 2 unspecified atom stereocenters. The molecule has 5 heteroatoms. The van der Waals surface area contributed by atoms with Crippen LogP contribution in [0.1, 0.15) is 29.3 Å². The summed E-state index contributed by atoms with van der Waals surface area (Å²) in [5.41, 5.74) is 6.41. The molecule has 2 rings (SSSR count). The van der Waals surface area contributed by atoms with Gasteiger partial charge in [-0.3, -0.25) is 4.79 Å². The molecule has 0 bridgehead atoms. The largest absolute Gasteiger partial charge is 0.399 e. The van der Waals surface area contributed by atoms with Gasteiger partial charge in [-0.05, 0) is 38.0 Å². The number of rotatable bonds is 3. The Morgan fingerprint density at radius 3 is 2.95 bits per heavy atom. The lowest BCUT2D eigenvalue weighted by molar-refractivity contribution is 0.0904. The topological polar surface area (TPSA) is 64.4 Å². The Bertz CT molecular complexity index is 491. The molecule has 19 heavy (non-hydrogen) atoms. The quantitative estimate of drug-likeness (QED) is 0.821. The van der Waals surface area contributed by atoms with Crippen molar-refractivity contribution in [3.05, 3.63) is 29.1 Å². The van der Waals surface area contributed by atoms with Crippen LogP contribution in [0.3, 0.4) is 0 Å². The Kier molecular flexibility index (Phi) is 4.04. The fourth-order valence-corrected chi connectivity index (χ4v) is 2.33. The molecule has 1 aromatic rings. The zero-order valence-corrected chi connectivity index (χ0v) is 11.2. The van der Waals surface area contributed by atoms with E-state index in [1.54, 1.807) is 6.92 Å². The number of nitrogens with two attached hydrogens (primary N) is 1. The summed E-state index contributed by atoms with van der Waals surface area (Å²) in [4.78, 5) is 12.0. The van der Waals surface area contributed by atoms with Crippen LogP contribution in [-0.4, -0.2) is 25.2 Å². The Balaban J connectivity index is 2.04. The fraction of sp³-hybridized carbons (Fsp3) is 0.500. The molecule has 1 aliphatic rings. The third-order valence-corrected chi connectivity index (χ3v) is 3.58. The number of anilines is 1. The number of nitrogen functional groups attached to an aromatic ring is 1. The minimum Gasteiger partial charge on any atom is -0.399 e. The molecule has 0 aromatic heterocycles. The Hall–Kier alpha value is -1.62. The number of benzene rings is 1. The molecule has 2 atom stereocenters. The number of carbonyl (C=O) groups is 1. The minimum absolute atomic E-state index is 0.00377. The highest BCUT2D eigenvalue weighted by Gasteiger charge is 2.25. The molecule has 4 nitrogen and oxygen atoms in total. The lowest BCUT2D eigenvalue weighted by atomic mass is 10.0. The molecular formula is C14H19FN2O2. The van der Waals surface area contributed by atoms with Crippen LogP contribution in [0, 0.1) is 18.7 Å². The third-order valence-electron chi connectivity index (χ3n) is 3.58. The van der Waals surface area contributed by atoms with Crippen molar-refractivity contribution in [2.75, 3.05) is 18.9 Å². The second-order valence-corrected chi connectivity index (χ2v) is 5.03. The standard InChI is InChI=1S/C14H19FN2O2/c1-8-5-11(16)6-12(13(8)15)14(18)17-7-10-3-4-19-9(10)2/h5-6,9-10H,3-4,7,16H2,1-2H3,(H,17,18). The highest BCUT2D eigenvalue weighted by Crippen LogP contribution is 2.20. The van der Waals surface area contributed by atoms with Crippen molar-refractivity contribution in [1.82, 2.24) is 5.32 Å². The van der Waals surface area contributed by atoms with Gasteiger partial charge in [0.2, 0.25) is 0 Å². The van der Waals surface area contributed by atoms with Crippen molar-refractivity contribution in [2.45, 2.75) is 26.4 Å². The summed E-state index contributed by atoms with van der Waals surface area (Å²) >= 11 is 0. The van der Waals surface area contributed by atoms with Crippen LogP contribution in [0.15, 0.2) is 12.1 Å². The average Bonchev–Trinajstić information content (AvgIpc) is 2.76. The Labute approximate surface area is 112 Å². The van der Waals surface area contributed by atoms with Gasteiger partial charge in [-0.1, -0.05) is 0 Å². The van der Waals surface area contributed by atoms with Crippen molar-refractivity contribution in [3.63, 3.8) is 0 Å². The first kappa shape index (κ1) is 13.8. The molecule has 0 saturated carbocycles. The molecule has 1 heterocycles. The van der Waals surface area contributed by atoms with E-state index in [0.29, 0.717) is 24.4 Å². The number of carbonyl (C=O) groups excluding carboxylic acids is 1. The normalized spacial score (nSPS) is 22.5. The summed E-state index contributed by atoms with van der Waals surface area (Å²) < 4.78 is 19.3. The van der Waals surface area contributed by atoms with Gasteiger partial charge in [-0.25, -0.2) is 4.39 Å². The smallest absolute Gasteiger partial charge is 0.254 e. The predicted octanol–water partition coefficient (Wildman–Crippen LogP) is 1.87. The van der Waals surface area contributed by atoms with Gasteiger partial charge in [0.05, 0.1) is 11.7 Å². The summed E-state index contributed by atoms with van der Waals surface area (Å²) in [5, 5.41) is 2.75. The van der Waals surface area contributed by atoms with Crippen molar-refractivity contribution in [1.29, 1.82) is 0 Å². The summed E-state index contributed by atoms with van der Waals surface area (Å²) in [7, 11) is 0. The van der Waals surface area contributed by atoms with Crippen molar-refractivity contribution < 1.29 is 13.9 Å². The van der Waals surface area contributed by atoms with Gasteiger partial charge in [0.1, 0.15) is 5.82 Å². The number of aryl methyl sites for hydroxylation is 1. The number of hydrogen-bond acceptors (Lipinski definition) is 3. The number of ether oxygens (including phenoxy) is 1.